The Balaban J connectivity index is 2.13. The second-order valence-electron chi connectivity index (χ2n) is 3.82. The van der Waals surface area contributed by atoms with Crippen LogP contribution < -0.4 is 0 Å². The zero-order valence-electron chi connectivity index (χ0n) is 9.18. The number of aliphatic hydroxyl groups excluding tert-OH is 1. The summed E-state index contributed by atoms with van der Waals surface area (Å²) in [5.74, 6) is 0.000417. The first kappa shape index (κ1) is 11.6. The summed E-state index contributed by atoms with van der Waals surface area (Å²) in [5, 5.41) is 9.19. The molecule has 0 spiro atoms. The lowest BCUT2D eigenvalue weighted by Gasteiger charge is -2.34. The van der Waals surface area contributed by atoms with Crippen molar-refractivity contribution in [2.24, 2.45) is 0 Å². The van der Waals surface area contributed by atoms with Gasteiger partial charge in [-0.2, -0.15) is 0 Å². The number of morpholine rings is 1. The SMILES string of the molecule is Cc1ccc(C(=O)N2CCOCC2CO)s1. The van der Waals surface area contributed by atoms with Crippen molar-refractivity contribution in [3.63, 3.8) is 0 Å². The number of amides is 1. The molecule has 1 amide bonds. The van der Waals surface area contributed by atoms with E-state index in [9.17, 15) is 9.90 Å². The Bertz CT molecular complexity index is 377. The van der Waals surface area contributed by atoms with Crippen LogP contribution in [0.15, 0.2) is 12.1 Å². The fourth-order valence-electron chi connectivity index (χ4n) is 1.76. The van der Waals surface area contributed by atoms with Crippen LogP contribution in [-0.4, -0.2) is 48.3 Å². The fraction of sp³-hybridized carbons (Fsp3) is 0.545. The number of rotatable bonds is 2. The molecule has 0 bridgehead atoms. The van der Waals surface area contributed by atoms with Crippen LogP contribution in [0, 0.1) is 6.92 Å². The lowest BCUT2D eigenvalue weighted by atomic mass is 10.2. The summed E-state index contributed by atoms with van der Waals surface area (Å²) >= 11 is 1.49. The molecule has 4 nitrogen and oxygen atoms in total. The monoisotopic (exact) mass is 241 g/mol. The maximum absolute atomic E-state index is 12.2. The van der Waals surface area contributed by atoms with Gasteiger partial charge in [-0.25, -0.2) is 0 Å². The first-order valence-corrected chi connectivity index (χ1v) is 6.10. The van der Waals surface area contributed by atoms with E-state index in [0.29, 0.717) is 19.8 Å². The summed E-state index contributed by atoms with van der Waals surface area (Å²) in [7, 11) is 0. The largest absolute Gasteiger partial charge is 0.394 e. The molecule has 2 heterocycles. The van der Waals surface area contributed by atoms with E-state index >= 15 is 0 Å². The van der Waals surface area contributed by atoms with Gasteiger partial charge in [0.15, 0.2) is 0 Å². The van der Waals surface area contributed by atoms with Crippen LogP contribution >= 0.6 is 11.3 Å². The van der Waals surface area contributed by atoms with E-state index in [4.69, 9.17) is 4.74 Å². The van der Waals surface area contributed by atoms with Gasteiger partial charge in [-0.3, -0.25) is 4.79 Å². The smallest absolute Gasteiger partial charge is 0.264 e. The van der Waals surface area contributed by atoms with Crippen molar-refractivity contribution in [1.29, 1.82) is 0 Å². The van der Waals surface area contributed by atoms with E-state index < -0.39 is 0 Å². The lowest BCUT2D eigenvalue weighted by molar-refractivity contribution is -0.0181. The van der Waals surface area contributed by atoms with Gasteiger partial charge >= 0.3 is 0 Å². The van der Waals surface area contributed by atoms with Gasteiger partial charge in [0, 0.05) is 11.4 Å². The van der Waals surface area contributed by atoms with Crippen molar-refractivity contribution in [3.8, 4) is 0 Å². The summed E-state index contributed by atoms with van der Waals surface area (Å²) in [6.07, 6.45) is 0. The lowest BCUT2D eigenvalue weighted by Crippen LogP contribution is -2.50. The van der Waals surface area contributed by atoms with Gasteiger partial charge in [0.2, 0.25) is 0 Å². The van der Waals surface area contributed by atoms with Crippen LogP contribution in [0.5, 0.6) is 0 Å². The molecule has 2 rings (SSSR count). The molecule has 1 atom stereocenters. The summed E-state index contributed by atoms with van der Waals surface area (Å²) in [4.78, 5) is 15.7. The maximum Gasteiger partial charge on any atom is 0.264 e. The van der Waals surface area contributed by atoms with Gasteiger partial charge in [-0.15, -0.1) is 11.3 Å². The summed E-state index contributed by atoms with van der Waals surface area (Å²) in [5.41, 5.74) is 0. The first-order valence-electron chi connectivity index (χ1n) is 5.28. The number of aliphatic hydroxyl groups is 1. The Labute approximate surface area is 98.4 Å². The second kappa shape index (κ2) is 4.95. The molecule has 0 saturated carbocycles. The highest BCUT2D eigenvalue weighted by Gasteiger charge is 2.28. The van der Waals surface area contributed by atoms with Crippen molar-refractivity contribution < 1.29 is 14.6 Å². The minimum Gasteiger partial charge on any atom is -0.394 e. The molecular formula is C11H15NO3S. The number of hydrogen-bond acceptors (Lipinski definition) is 4. The van der Waals surface area contributed by atoms with Gasteiger partial charge in [-0.05, 0) is 19.1 Å². The van der Waals surface area contributed by atoms with Crippen LogP contribution in [0.2, 0.25) is 0 Å². The van der Waals surface area contributed by atoms with E-state index in [0.717, 1.165) is 9.75 Å². The number of carbonyl (C=O) groups excluding carboxylic acids is 1. The standard InChI is InChI=1S/C11H15NO3S/c1-8-2-3-10(16-8)11(14)12-4-5-15-7-9(12)6-13/h2-3,9,13H,4-7H2,1H3. The van der Waals surface area contributed by atoms with E-state index in [1.807, 2.05) is 19.1 Å². The molecule has 1 aromatic heterocycles. The van der Waals surface area contributed by atoms with Gasteiger partial charge in [0.1, 0.15) is 0 Å². The second-order valence-corrected chi connectivity index (χ2v) is 5.11. The first-order chi connectivity index (χ1) is 7.72. The third kappa shape index (κ3) is 2.26. The normalized spacial score (nSPS) is 21.1. The number of ether oxygens (including phenoxy) is 1. The number of carbonyl (C=O) groups is 1. The summed E-state index contributed by atoms with van der Waals surface area (Å²) in [6.45, 7) is 3.46. The zero-order valence-corrected chi connectivity index (χ0v) is 10.00. The van der Waals surface area contributed by atoms with Crippen LogP contribution in [-0.2, 0) is 4.74 Å². The maximum atomic E-state index is 12.2. The van der Waals surface area contributed by atoms with Gasteiger partial charge in [-0.1, -0.05) is 0 Å². The average Bonchev–Trinajstić information content (AvgIpc) is 2.75. The quantitative estimate of drug-likeness (QED) is 0.836. The predicted molar refractivity (Wildman–Crippen MR) is 61.8 cm³/mol. The van der Waals surface area contributed by atoms with Crippen molar-refractivity contribution in [2.75, 3.05) is 26.4 Å². The number of aryl methyl sites for hydroxylation is 1. The summed E-state index contributed by atoms with van der Waals surface area (Å²) in [6, 6.07) is 3.57. The molecule has 1 aliphatic rings. The van der Waals surface area contributed by atoms with Crippen molar-refractivity contribution >= 4 is 17.2 Å². The molecule has 1 saturated heterocycles. The molecule has 1 N–H and O–H groups in total. The third-order valence-corrected chi connectivity index (χ3v) is 3.64. The van der Waals surface area contributed by atoms with Gasteiger partial charge in [0.25, 0.3) is 5.91 Å². The molecule has 0 aliphatic carbocycles. The van der Waals surface area contributed by atoms with E-state index in [1.165, 1.54) is 11.3 Å². The molecule has 1 aromatic rings. The molecule has 1 fully saturated rings. The Hall–Kier alpha value is -0.910. The van der Waals surface area contributed by atoms with Crippen molar-refractivity contribution in [1.82, 2.24) is 4.90 Å². The molecule has 1 unspecified atom stereocenters. The molecule has 0 radical (unpaired) electrons. The number of nitrogens with zero attached hydrogens (tertiary/aromatic N) is 1. The van der Waals surface area contributed by atoms with Gasteiger partial charge < -0.3 is 14.7 Å². The van der Waals surface area contributed by atoms with Crippen molar-refractivity contribution in [3.05, 3.63) is 21.9 Å². The molecule has 1 aliphatic heterocycles. The van der Waals surface area contributed by atoms with Crippen LogP contribution in [0.1, 0.15) is 14.5 Å². The molecule has 0 aromatic carbocycles. The Morgan fingerprint density at radius 2 is 2.50 bits per heavy atom. The van der Waals surface area contributed by atoms with E-state index in [2.05, 4.69) is 0 Å². The Kier molecular flexibility index (Phi) is 3.58. The topological polar surface area (TPSA) is 49.8 Å². The third-order valence-electron chi connectivity index (χ3n) is 2.65. The fourth-order valence-corrected chi connectivity index (χ4v) is 2.59. The average molecular weight is 241 g/mol. The minimum atomic E-state index is -0.205. The van der Waals surface area contributed by atoms with E-state index in [-0.39, 0.29) is 18.6 Å². The molecular weight excluding hydrogens is 226 g/mol. The number of thiophene rings is 1. The van der Waals surface area contributed by atoms with E-state index in [1.54, 1.807) is 4.90 Å². The van der Waals surface area contributed by atoms with Crippen molar-refractivity contribution in [2.45, 2.75) is 13.0 Å². The van der Waals surface area contributed by atoms with Gasteiger partial charge in [0.05, 0.1) is 30.7 Å². The predicted octanol–water partition coefficient (Wildman–Crippen LogP) is 0.890. The minimum absolute atomic E-state index is 0.000417. The summed E-state index contributed by atoms with van der Waals surface area (Å²) < 4.78 is 5.24. The molecule has 5 heteroatoms. The van der Waals surface area contributed by atoms with Crippen LogP contribution in [0.4, 0.5) is 0 Å². The highest BCUT2D eigenvalue weighted by atomic mass is 32.1. The Morgan fingerprint density at radius 3 is 3.12 bits per heavy atom. The zero-order chi connectivity index (χ0) is 11.5. The van der Waals surface area contributed by atoms with Crippen LogP contribution in [0.3, 0.4) is 0 Å². The Morgan fingerprint density at radius 1 is 1.69 bits per heavy atom. The molecule has 88 valence electrons. The number of hydrogen-bond donors (Lipinski definition) is 1. The molecule has 16 heavy (non-hydrogen) atoms. The highest BCUT2D eigenvalue weighted by molar-refractivity contribution is 7.13. The highest BCUT2D eigenvalue weighted by Crippen LogP contribution is 2.19. The van der Waals surface area contributed by atoms with Crippen LogP contribution in [0.25, 0.3) is 0 Å².